The number of carbonyl (C=O) groups is 1. The maximum absolute atomic E-state index is 13.8. The highest BCUT2D eigenvalue weighted by Gasteiger charge is 2.20. The number of amides is 1. The van der Waals surface area contributed by atoms with Crippen LogP contribution in [0.3, 0.4) is 0 Å². The Balaban J connectivity index is 1.89. The van der Waals surface area contributed by atoms with Crippen molar-refractivity contribution in [3.63, 3.8) is 0 Å². The fraction of sp³-hybridized carbons (Fsp3) is 0.118. The van der Waals surface area contributed by atoms with Crippen LogP contribution in [0.2, 0.25) is 5.02 Å². The zero-order valence-corrected chi connectivity index (χ0v) is 12.9. The van der Waals surface area contributed by atoms with Crippen molar-refractivity contribution >= 4 is 28.4 Å². The van der Waals surface area contributed by atoms with E-state index in [4.69, 9.17) is 11.6 Å². The second-order valence-electron chi connectivity index (χ2n) is 5.22. The molecule has 1 atom stereocenters. The van der Waals surface area contributed by atoms with E-state index in [1.165, 1.54) is 24.3 Å². The first-order chi connectivity index (χ1) is 11.0. The summed E-state index contributed by atoms with van der Waals surface area (Å²) in [5.74, 6) is -1.32. The Bertz CT molecular complexity index is 891. The van der Waals surface area contributed by atoms with Crippen LogP contribution in [0.15, 0.2) is 42.5 Å². The molecule has 3 rings (SSSR count). The lowest BCUT2D eigenvalue weighted by Crippen LogP contribution is -2.27. The van der Waals surface area contributed by atoms with Gasteiger partial charge in [0, 0.05) is 16.5 Å². The average Bonchev–Trinajstić information content (AvgIpc) is 2.84. The van der Waals surface area contributed by atoms with E-state index >= 15 is 0 Å². The van der Waals surface area contributed by atoms with Crippen LogP contribution in [0.25, 0.3) is 10.9 Å². The second-order valence-corrected chi connectivity index (χ2v) is 5.60. The number of benzene rings is 2. The number of hydrogen-bond acceptors (Lipinski definition) is 1. The molecule has 118 valence electrons. The van der Waals surface area contributed by atoms with E-state index in [1.807, 2.05) is 0 Å². The monoisotopic (exact) mass is 334 g/mol. The van der Waals surface area contributed by atoms with Crippen molar-refractivity contribution in [1.29, 1.82) is 0 Å². The van der Waals surface area contributed by atoms with Gasteiger partial charge in [0.2, 0.25) is 0 Å². The maximum Gasteiger partial charge on any atom is 0.269 e. The van der Waals surface area contributed by atoms with E-state index in [9.17, 15) is 13.6 Å². The summed E-state index contributed by atoms with van der Waals surface area (Å²) in [6, 6.07) is 9.70. The molecule has 2 N–H and O–H groups in total. The van der Waals surface area contributed by atoms with Gasteiger partial charge in [0.25, 0.3) is 5.91 Å². The molecule has 1 aromatic heterocycles. The van der Waals surface area contributed by atoms with Gasteiger partial charge in [-0.2, -0.15) is 0 Å². The molecule has 0 aliphatic carbocycles. The van der Waals surface area contributed by atoms with E-state index in [2.05, 4.69) is 10.3 Å². The zero-order chi connectivity index (χ0) is 16.6. The van der Waals surface area contributed by atoms with Crippen LogP contribution in [0.1, 0.15) is 29.0 Å². The van der Waals surface area contributed by atoms with Gasteiger partial charge in [0.15, 0.2) is 0 Å². The second kappa shape index (κ2) is 6.01. The normalized spacial score (nSPS) is 12.3. The Hall–Kier alpha value is -2.40. The Kier molecular flexibility index (Phi) is 4.05. The summed E-state index contributed by atoms with van der Waals surface area (Å²) < 4.78 is 27.0. The number of rotatable bonds is 3. The molecule has 1 unspecified atom stereocenters. The molecule has 0 bridgehead atoms. The minimum Gasteiger partial charge on any atom is -0.349 e. The first kappa shape index (κ1) is 15.5. The number of aromatic nitrogens is 1. The number of carbonyl (C=O) groups excluding carboxylic acids is 1. The third-order valence-corrected chi connectivity index (χ3v) is 4.04. The Morgan fingerprint density at radius 1 is 1.22 bits per heavy atom. The van der Waals surface area contributed by atoms with Gasteiger partial charge >= 0.3 is 0 Å². The molecule has 2 aromatic carbocycles. The van der Waals surface area contributed by atoms with Crippen molar-refractivity contribution in [3.05, 3.63) is 70.4 Å². The van der Waals surface area contributed by atoms with Gasteiger partial charge in [0.05, 0.1) is 11.1 Å². The summed E-state index contributed by atoms with van der Waals surface area (Å²) in [5, 5.41) is 3.24. The van der Waals surface area contributed by atoms with Crippen LogP contribution in [0, 0.1) is 11.6 Å². The summed E-state index contributed by atoms with van der Waals surface area (Å²) in [4.78, 5) is 15.2. The van der Waals surface area contributed by atoms with Gasteiger partial charge in [-0.05, 0) is 31.2 Å². The van der Waals surface area contributed by atoms with E-state index in [1.54, 1.807) is 25.1 Å². The number of halogens is 3. The minimum absolute atomic E-state index is 0.121. The van der Waals surface area contributed by atoms with Crippen molar-refractivity contribution in [3.8, 4) is 0 Å². The SMILES string of the molecule is CC(NC(=O)c1[nH]c2ccc(F)cc2c1Cl)c1ccccc1F. The summed E-state index contributed by atoms with van der Waals surface area (Å²) in [6.45, 7) is 1.67. The van der Waals surface area contributed by atoms with Gasteiger partial charge in [-0.15, -0.1) is 0 Å². The van der Waals surface area contributed by atoms with Crippen molar-refractivity contribution < 1.29 is 13.6 Å². The molecule has 3 aromatic rings. The molecular weight excluding hydrogens is 322 g/mol. The van der Waals surface area contributed by atoms with Gasteiger partial charge < -0.3 is 10.3 Å². The highest BCUT2D eigenvalue weighted by Crippen LogP contribution is 2.28. The van der Waals surface area contributed by atoms with Crippen LogP contribution in [0.5, 0.6) is 0 Å². The highest BCUT2D eigenvalue weighted by molar-refractivity contribution is 6.38. The Morgan fingerprint density at radius 3 is 2.70 bits per heavy atom. The molecule has 23 heavy (non-hydrogen) atoms. The fourth-order valence-corrected chi connectivity index (χ4v) is 2.75. The van der Waals surface area contributed by atoms with Crippen LogP contribution < -0.4 is 5.32 Å². The van der Waals surface area contributed by atoms with E-state index in [0.717, 1.165) is 0 Å². The van der Waals surface area contributed by atoms with Crippen LogP contribution in [0.4, 0.5) is 8.78 Å². The highest BCUT2D eigenvalue weighted by atomic mass is 35.5. The number of hydrogen-bond donors (Lipinski definition) is 2. The molecule has 0 fully saturated rings. The van der Waals surface area contributed by atoms with Crippen molar-refractivity contribution in [2.24, 2.45) is 0 Å². The number of aromatic amines is 1. The standard InChI is InChI=1S/C17H13ClF2N2O/c1-9(11-4-2-3-5-13(11)20)21-17(23)16-15(18)12-8-10(19)6-7-14(12)22-16/h2-9,22H,1H3,(H,21,23). The molecule has 0 aliphatic rings. The first-order valence-electron chi connectivity index (χ1n) is 6.99. The molecule has 6 heteroatoms. The average molecular weight is 335 g/mol. The topological polar surface area (TPSA) is 44.9 Å². The van der Waals surface area contributed by atoms with E-state index in [0.29, 0.717) is 16.5 Å². The molecular formula is C17H13ClF2N2O. The number of H-pyrrole nitrogens is 1. The Morgan fingerprint density at radius 2 is 1.96 bits per heavy atom. The fourth-order valence-electron chi connectivity index (χ4n) is 2.46. The van der Waals surface area contributed by atoms with Crippen molar-refractivity contribution in [2.45, 2.75) is 13.0 Å². The summed E-state index contributed by atoms with van der Waals surface area (Å²) >= 11 is 6.15. The molecule has 0 spiro atoms. The summed E-state index contributed by atoms with van der Waals surface area (Å²) in [6.07, 6.45) is 0. The molecule has 0 saturated carbocycles. The van der Waals surface area contributed by atoms with Gasteiger partial charge in [-0.1, -0.05) is 29.8 Å². The van der Waals surface area contributed by atoms with Gasteiger partial charge in [-0.3, -0.25) is 4.79 Å². The smallest absolute Gasteiger partial charge is 0.269 e. The third-order valence-electron chi connectivity index (χ3n) is 3.64. The lowest BCUT2D eigenvalue weighted by Gasteiger charge is -2.14. The lowest BCUT2D eigenvalue weighted by atomic mass is 10.1. The van der Waals surface area contributed by atoms with Crippen LogP contribution >= 0.6 is 11.6 Å². The quantitative estimate of drug-likeness (QED) is 0.723. The minimum atomic E-state index is -0.539. The lowest BCUT2D eigenvalue weighted by molar-refractivity contribution is 0.0935. The van der Waals surface area contributed by atoms with Crippen LogP contribution in [-0.4, -0.2) is 10.9 Å². The third kappa shape index (κ3) is 2.92. The van der Waals surface area contributed by atoms with Crippen LogP contribution in [-0.2, 0) is 0 Å². The van der Waals surface area contributed by atoms with Crippen molar-refractivity contribution in [1.82, 2.24) is 10.3 Å². The largest absolute Gasteiger partial charge is 0.349 e. The first-order valence-corrected chi connectivity index (χ1v) is 7.37. The summed E-state index contributed by atoms with van der Waals surface area (Å²) in [5.41, 5.74) is 1.05. The van der Waals surface area contributed by atoms with Crippen molar-refractivity contribution in [2.75, 3.05) is 0 Å². The predicted molar refractivity (Wildman–Crippen MR) is 85.5 cm³/mol. The molecule has 0 saturated heterocycles. The van der Waals surface area contributed by atoms with Gasteiger partial charge in [-0.25, -0.2) is 8.78 Å². The predicted octanol–water partition coefficient (Wildman–Crippen LogP) is 4.59. The maximum atomic E-state index is 13.8. The van der Waals surface area contributed by atoms with Gasteiger partial charge in [0.1, 0.15) is 17.3 Å². The molecule has 1 amide bonds. The summed E-state index contributed by atoms with van der Waals surface area (Å²) in [7, 11) is 0. The van der Waals surface area contributed by atoms with E-state index in [-0.39, 0.29) is 10.7 Å². The molecule has 0 aliphatic heterocycles. The Labute approximate surface area is 136 Å². The number of nitrogens with one attached hydrogen (secondary N) is 2. The van der Waals surface area contributed by atoms with E-state index < -0.39 is 23.6 Å². The molecule has 0 radical (unpaired) electrons. The molecule has 1 heterocycles. The zero-order valence-electron chi connectivity index (χ0n) is 12.2. The molecule has 3 nitrogen and oxygen atoms in total. The number of fused-ring (bicyclic) bond motifs is 1.